The molecule has 0 atom stereocenters. The number of carbonyl (C=O) groups is 2. The highest BCUT2D eigenvalue weighted by Crippen LogP contribution is 2.15. The lowest BCUT2D eigenvalue weighted by Gasteiger charge is -2.32. The lowest BCUT2D eigenvalue weighted by atomic mass is 10.1. The van der Waals surface area contributed by atoms with Crippen LogP contribution in [0.5, 0.6) is 0 Å². The molecule has 1 aromatic heterocycles. The van der Waals surface area contributed by atoms with E-state index in [4.69, 9.17) is 4.42 Å². The fourth-order valence-electron chi connectivity index (χ4n) is 2.90. The summed E-state index contributed by atoms with van der Waals surface area (Å²) in [6.07, 6.45) is 2.42. The number of carbonyl (C=O) groups excluding carboxylic acids is 2. The summed E-state index contributed by atoms with van der Waals surface area (Å²) in [5.41, 5.74) is 0. The number of benzene rings is 1. The number of hydrogen-bond acceptors (Lipinski definition) is 5. The molecule has 0 spiro atoms. The van der Waals surface area contributed by atoms with Gasteiger partial charge in [-0.25, -0.2) is 13.1 Å². The Kier molecular flexibility index (Phi) is 5.92. The Balaban J connectivity index is 1.46. The second-order valence-corrected chi connectivity index (χ2v) is 7.96. The molecular weight excluding hydrogens is 370 g/mol. The van der Waals surface area contributed by atoms with Crippen molar-refractivity contribution in [2.24, 2.45) is 0 Å². The normalized spacial score (nSPS) is 15.5. The van der Waals surface area contributed by atoms with Crippen molar-refractivity contribution in [3.63, 3.8) is 0 Å². The van der Waals surface area contributed by atoms with Gasteiger partial charge in [0.25, 0.3) is 5.91 Å². The first-order valence-corrected chi connectivity index (χ1v) is 10.1. The van der Waals surface area contributed by atoms with Gasteiger partial charge in [-0.2, -0.15) is 0 Å². The van der Waals surface area contributed by atoms with Crippen LogP contribution in [0.25, 0.3) is 0 Å². The molecule has 0 unspecified atom stereocenters. The summed E-state index contributed by atoms with van der Waals surface area (Å²) in [5, 5.41) is 2.52. The number of furan rings is 1. The van der Waals surface area contributed by atoms with E-state index in [1.54, 1.807) is 41.3 Å². The fourth-order valence-corrected chi connectivity index (χ4v) is 4.22. The lowest BCUT2D eigenvalue weighted by Crippen LogP contribution is -2.48. The van der Waals surface area contributed by atoms with E-state index in [9.17, 15) is 18.0 Å². The molecule has 0 radical (unpaired) electrons. The Labute approximate surface area is 157 Å². The van der Waals surface area contributed by atoms with E-state index in [0.717, 1.165) is 0 Å². The van der Waals surface area contributed by atoms with E-state index in [2.05, 4.69) is 10.0 Å². The summed E-state index contributed by atoms with van der Waals surface area (Å²) in [4.78, 5) is 25.9. The van der Waals surface area contributed by atoms with Crippen LogP contribution in [-0.4, -0.2) is 50.8 Å². The molecule has 3 rings (SSSR count). The zero-order valence-electron chi connectivity index (χ0n) is 14.6. The number of rotatable bonds is 6. The van der Waals surface area contributed by atoms with Gasteiger partial charge in [0.1, 0.15) is 0 Å². The molecule has 0 saturated carbocycles. The van der Waals surface area contributed by atoms with Gasteiger partial charge >= 0.3 is 0 Å². The van der Waals surface area contributed by atoms with Crippen LogP contribution < -0.4 is 10.0 Å². The average Bonchev–Trinajstić information content (AvgIpc) is 3.22. The van der Waals surface area contributed by atoms with E-state index in [-0.39, 0.29) is 29.1 Å². The van der Waals surface area contributed by atoms with Gasteiger partial charge in [-0.3, -0.25) is 9.59 Å². The number of nitrogens with one attached hydrogen (secondary N) is 2. The van der Waals surface area contributed by atoms with Crippen molar-refractivity contribution >= 4 is 21.8 Å². The molecule has 144 valence electrons. The Morgan fingerprint density at radius 2 is 1.78 bits per heavy atom. The zero-order chi connectivity index (χ0) is 19.3. The van der Waals surface area contributed by atoms with Crippen molar-refractivity contribution in [1.29, 1.82) is 0 Å². The van der Waals surface area contributed by atoms with Gasteiger partial charge in [-0.15, -0.1) is 0 Å². The third kappa shape index (κ3) is 4.95. The van der Waals surface area contributed by atoms with Gasteiger partial charge < -0.3 is 14.6 Å². The minimum absolute atomic E-state index is 0.125. The van der Waals surface area contributed by atoms with Crippen molar-refractivity contribution in [2.75, 3.05) is 19.6 Å². The van der Waals surface area contributed by atoms with Gasteiger partial charge in [-0.1, -0.05) is 18.2 Å². The Morgan fingerprint density at radius 3 is 2.41 bits per heavy atom. The molecule has 2 aromatic rings. The van der Waals surface area contributed by atoms with Crippen LogP contribution in [0.2, 0.25) is 0 Å². The predicted octanol–water partition coefficient (Wildman–Crippen LogP) is 0.979. The highest BCUT2D eigenvalue weighted by Gasteiger charge is 2.26. The Morgan fingerprint density at radius 1 is 1.07 bits per heavy atom. The molecule has 8 nitrogen and oxygen atoms in total. The van der Waals surface area contributed by atoms with Crippen molar-refractivity contribution in [3.8, 4) is 0 Å². The first-order valence-electron chi connectivity index (χ1n) is 8.62. The lowest BCUT2D eigenvalue weighted by molar-refractivity contribution is -0.131. The topological polar surface area (TPSA) is 109 Å². The zero-order valence-corrected chi connectivity index (χ0v) is 15.4. The Hall–Kier alpha value is -2.65. The van der Waals surface area contributed by atoms with Crippen LogP contribution in [0, 0.1) is 0 Å². The second-order valence-electron chi connectivity index (χ2n) is 6.25. The molecule has 1 saturated heterocycles. The number of nitrogens with zero attached hydrogens (tertiary/aromatic N) is 1. The highest BCUT2D eigenvalue weighted by atomic mass is 32.2. The maximum absolute atomic E-state index is 12.4. The van der Waals surface area contributed by atoms with Gasteiger partial charge in [-0.05, 0) is 37.1 Å². The molecule has 2 heterocycles. The first kappa shape index (κ1) is 19.1. The van der Waals surface area contributed by atoms with E-state index >= 15 is 0 Å². The van der Waals surface area contributed by atoms with Gasteiger partial charge in [0.15, 0.2) is 5.76 Å². The fraction of sp³-hybridized carbons (Fsp3) is 0.333. The number of piperidine rings is 1. The molecule has 9 heteroatoms. The van der Waals surface area contributed by atoms with Crippen molar-refractivity contribution < 1.29 is 22.4 Å². The summed E-state index contributed by atoms with van der Waals surface area (Å²) in [7, 11) is -3.57. The van der Waals surface area contributed by atoms with Crippen molar-refractivity contribution in [1.82, 2.24) is 14.9 Å². The monoisotopic (exact) mass is 391 g/mol. The van der Waals surface area contributed by atoms with Gasteiger partial charge in [0.05, 0.1) is 17.7 Å². The van der Waals surface area contributed by atoms with Crippen LogP contribution in [-0.2, 0) is 14.8 Å². The largest absolute Gasteiger partial charge is 0.459 e. The summed E-state index contributed by atoms with van der Waals surface area (Å²) in [5.74, 6) is -0.505. The third-order valence-electron chi connectivity index (χ3n) is 4.37. The van der Waals surface area contributed by atoms with E-state index in [0.29, 0.717) is 25.9 Å². The summed E-state index contributed by atoms with van der Waals surface area (Å²) in [6.45, 7) is 0.731. The molecule has 27 heavy (non-hydrogen) atoms. The quantitative estimate of drug-likeness (QED) is 0.763. The molecule has 2 amide bonds. The maximum Gasteiger partial charge on any atom is 0.287 e. The summed E-state index contributed by atoms with van der Waals surface area (Å²) in [6, 6.07) is 11.1. The summed E-state index contributed by atoms with van der Waals surface area (Å²) >= 11 is 0. The van der Waals surface area contributed by atoms with Crippen LogP contribution >= 0.6 is 0 Å². The van der Waals surface area contributed by atoms with Crippen LogP contribution in [0.3, 0.4) is 0 Å². The SMILES string of the molecule is O=C(NCC(=O)N1CCC(NS(=O)(=O)c2ccccc2)CC1)c1ccco1. The molecule has 1 aliphatic rings. The van der Waals surface area contributed by atoms with Crippen molar-refractivity contribution in [3.05, 3.63) is 54.5 Å². The third-order valence-corrected chi connectivity index (χ3v) is 5.90. The molecule has 1 aromatic carbocycles. The number of likely N-dealkylation sites (tertiary alicyclic amines) is 1. The van der Waals surface area contributed by atoms with Gasteiger partial charge in [0.2, 0.25) is 15.9 Å². The molecule has 0 bridgehead atoms. The number of hydrogen-bond donors (Lipinski definition) is 2. The van der Waals surface area contributed by atoms with Crippen LogP contribution in [0.4, 0.5) is 0 Å². The molecular formula is C18H21N3O5S. The summed E-state index contributed by atoms with van der Waals surface area (Å²) < 4.78 is 32.4. The van der Waals surface area contributed by atoms with Crippen LogP contribution in [0.1, 0.15) is 23.4 Å². The molecule has 2 N–H and O–H groups in total. The highest BCUT2D eigenvalue weighted by molar-refractivity contribution is 7.89. The maximum atomic E-state index is 12.4. The van der Waals surface area contributed by atoms with Crippen molar-refractivity contribution in [2.45, 2.75) is 23.8 Å². The molecule has 1 fully saturated rings. The van der Waals surface area contributed by atoms with Gasteiger partial charge in [0, 0.05) is 19.1 Å². The number of sulfonamides is 1. The second kappa shape index (κ2) is 8.36. The standard InChI is InChI=1S/C18H21N3O5S/c22-17(13-19-18(23)16-7-4-12-26-16)21-10-8-14(9-11-21)20-27(24,25)15-5-2-1-3-6-15/h1-7,12,14,20H,8-11,13H2,(H,19,23). The predicted molar refractivity (Wildman–Crippen MR) is 97.4 cm³/mol. The van der Waals surface area contributed by atoms with Crippen LogP contribution in [0.15, 0.2) is 58.0 Å². The van der Waals surface area contributed by atoms with E-state index in [1.807, 2.05) is 0 Å². The minimum Gasteiger partial charge on any atom is -0.459 e. The first-order chi connectivity index (χ1) is 13.0. The Bertz CT molecular complexity index is 873. The van der Waals surface area contributed by atoms with E-state index in [1.165, 1.54) is 12.3 Å². The molecule has 0 aliphatic carbocycles. The minimum atomic E-state index is -3.57. The average molecular weight is 391 g/mol. The number of amides is 2. The van der Waals surface area contributed by atoms with E-state index < -0.39 is 15.9 Å². The smallest absolute Gasteiger partial charge is 0.287 e. The molecule has 1 aliphatic heterocycles.